The maximum Gasteiger partial charge on any atom is 0.330 e. The molecule has 1 aliphatic heterocycles. The molecule has 1 aliphatic rings. The minimum Gasteiger partial charge on any atom is -0.497 e. The van der Waals surface area contributed by atoms with Crippen LogP contribution in [0.4, 0.5) is 0 Å². The number of ether oxygens (including phenoxy) is 4. The smallest absolute Gasteiger partial charge is 0.330 e. The first-order chi connectivity index (χ1) is 24.0. The van der Waals surface area contributed by atoms with Gasteiger partial charge in [0.25, 0.3) is 11.3 Å². The first kappa shape index (κ1) is 37.2. The largest absolute Gasteiger partial charge is 0.497 e. The van der Waals surface area contributed by atoms with Gasteiger partial charge in [0.05, 0.1) is 20.8 Å². The molecule has 0 amide bonds. The number of aromatic amines is 1. The predicted octanol–water partition coefficient (Wildman–Crippen LogP) is 3.02. The second kappa shape index (κ2) is 15.8. The number of nitrogens with one attached hydrogen (secondary N) is 2. The number of benzene rings is 3. The van der Waals surface area contributed by atoms with Crippen LogP contribution in [0.5, 0.6) is 11.5 Å². The number of rotatable bonds is 16. The predicted molar refractivity (Wildman–Crippen MR) is 183 cm³/mol. The lowest BCUT2D eigenvalue weighted by Crippen LogP contribution is -2.67. The number of hydrogen-bond donors (Lipinski definition) is 5. The SMILES string of the molecule is CCCCCN[C@]1(O)[C@H](n2ccc(=O)[nH]c2=O)O[C@H](COC(c2ccccc2)(c2ccc(OC)cc2)c2ccc(OC)cc2)[C@@]1(O)O[PH](=O)O. The molecule has 0 radical (unpaired) electrons. The molecular formula is C35H42N3O11P. The molecule has 50 heavy (non-hydrogen) atoms. The minimum absolute atomic E-state index is 0.0968. The van der Waals surface area contributed by atoms with Gasteiger partial charge in [0.2, 0.25) is 5.72 Å². The quantitative estimate of drug-likeness (QED) is 0.0495. The highest BCUT2D eigenvalue weighted by atomic mass is 31.1. The van der Waals surface area contributed by atoms with Crippen LogP contribution in [0.3, 0.4) is 0 Å². The van der Waals surface area contributed by atoms with Crippen LogP contribution >= 0.6 is 8.25 Å². The number of methoxy groups -OCH3 is 2. The molecule has 2 heterocycles. The highest BCUT2D eigenvalue weighted by Crippen LogP contribution is 2.49. The molecular weight excluding hydrogens is 669 g/mol. The zero-order valence-electron chi connectivity index (χ0n) is 27.9. The van der Waals surface area contributed by atoms with Gasteiger partial charge >= 0.3 is 13.9 Å². The lowest BCUT2D eigenvalue weighted by molar-refractivity contribution is -0.274. The highest BCUT2D eigenvalue weighted by molar-refractivity contribution is 7.32. The molecule has 1 fully saturated rings. The van der Waals surface area contributed by atoms with Crippen molar-refractivity contribution in [2.45, 2.75) is 55.6 Å². The summed E-state index contributed by atoms with van der Waals surface area (Å²) in [7, 11) is -0.870. The van der Waals surface area contributed by atoms with Gasteiger partial charge in [-0.15, -0.1) is 0 Å². The Morgan fingerprint density at radius 2 is 1.48 bits per heavy atom. The Hall–Kier alpha value is -4.11. The standard InChI is InChI=1S/C35H42N3O11P/c1-4-5-9-21-36-34(41)31(38-22-20-30(39)37-32(38)40)48-29(35(34,42)49-50(43)44)23-47-33(24-10-7-6-8-11-24,25-12-16-27(45-2)17-13-25)26-14-18-28(46-3)19-15-26/h6-8,10-20,22,29,31,36,41-42,50H,4-5,9,21,23H2,1-3H3,(H,43,44)(H,37,39,40)/t29-,31-,34+,35-/m1/s1. The summed E-state index contributed by atoms with van der Waals surface area (Å²) in [4.78, 5) is 37.1. The van der Waals surface area contributed by atoms with Crippen LogP contribution in [0.15, 0.2) is 101 Å². The van der Waals surface area contributed by atoms with E-state index in [0.717, 1.165) is 29.7 Å². The number of H-pyrrole nitrogens is 1. The first-order valence-corrected chi connectivity index (χ1v) is 17.4. The summed E-state index contributed by atoms with van der Waals surface area (Å²) in [6.45, 7) is 1.51. The van der Waals surface area contributed by atoms with Crippen LogP contribution in [0.1, 0.15) is 49.1 Å². The van der Waals surface area contributed by atoms with Crippen molar-refractivity contribution in [1.29, 1.82) is 0 Å². The molecule has 0 bridgehead atoms. The summed E-state index contributed by atoms with van der Waals surface area (Å²) in [6, 6.07) is 24.6. The molecule has 268 valence electrons. The molecule has 3 aromatic carbocycles. The van der Waals surface area contributed by atoms with E-state index in [2.05, 4.69) is 10.3 Å². The third kappa shape index (κ3) is 7.20. The van der Waals surface area contributed by atoms with Gasteiger partial charge in [-0.1, -0.05) is 74.4 Å². The fraction of sp³-hybridized carbons (Fsp3) is 0.371. The first-order valence-electron chi connectivity index (χ1n) is 16.1. The summed E-state index contributed by atoms with van der Waals surface area (Å²) in [6.07, 6.45) is -0.265. The third-order valence-corrected chi connectivity index (χ3v) is 9.27. The molecule has 5 rings (SSSR count). The van der Waals surface area contributed by atoms with Gasteiger partial charge < -0.3 is 34.1 Å². The zero-order chi connectivity index (χ0) is 35.9. The lowest BCUT2D eigenvalue weighted by atomic mass is 9.80. The molecule has 5 atom stereocenters. The number of unbranched alkanes of at least 4 members (excludes halogenated alkanes) is 2. The third-order valence-electron chi connectivity index (χ3n) is 8.78. The van der Waals surface area contributed by atoms with Crippen molar-refractivity contribution in [3.05, 3.63) is 129 Å². The van der Waals surface area contributed by atoms with Gasteiger partial charge in [-0.3, -0.25) is 28.8 Å². The second-order valence-corrected chi connectivity index (χ2v) is 12.5. The summed E-state index contributed by atoms with van der Waals surface area (Å²) >= 11 is 0. The molecule has 0 spiro atoms. The van der Waals surface area contributed by atoms with Crippen molar-refractivity contribution in [2.24, 2.45) is 0 Å². The summed E-state index contributed by atoms with van der Waals surface area (Å²) < 4.78 is 42.3. The number of aliphatic hydroxyl groups is 2. The Kier molecular flexibility index (Phi) is 11.8. The van der Waals surface area contributed by atoms with Gasteiger partial charge in [0, 0.05) is 12.3 Å². The summed E-state index contributed by atoms with van der Waals surface area (Å²) in [5, 5.41) is 27.3. The average molecular weight is 712 g/mol. The molecule has 5 N–H and O–H groups in total. The van der Waals surface area contributed by atoms with Gasteiger partial charge in [-0.25, -0.2) is 4.79 Å². The Bertz CT molecular complexity index is 1810. The topological polar surface area (TPSA) is 191 Å². The maximum atomic E-state index is 13.0. The van der Waals surface area contributed by atoms with E-state index in [4.69, 9.17) is 23.5 Å². The van der Waals surface area contributed by atoms with Crippen molar-refractivity contribution in [3.63, 3.8) is 0 Å². The molecule has 1 saturated heterocycles. The second-order valence-electron chi connectivity index (χ2n) is 11.8. The number of aromatic nitrogens is 2. The summed E-state index contributed by atoms with van der Waals surface area (Å²) in [5.74, 6) is -1.78. The van der Waals surface area contributed by atoms with Crippen molar-refractivity contribution in [2.75, 3.05) is 27.4 Å². The van der Waals surface area contributed by atoms with E-state index in [1.54, 1.807) is 38.5 Å². The number of nitrogens with zero attached hydrogens (tertiary/aromatic N) is 1. The van der Waals surface area contributed by atoms with E-state index in [9.17, 15) is 29.3 Å². The van der Waals surface area contributed by atoms with Crippen molar-refractivity contribution in [3.8, 4) is 11.5 Å². The van der Waals surface area contributed by atoms with Gasteiger partial charge in [-0.2, -0.15) is 0 Å². The maximum absolute atomic E-state index is 13.0. The van der Waals surface area contributed by atoms with Crippen LogP contribution < -0.4 is 26.0 Å². The van der Waals surface area contributed by atoms with Crippen LogP contribution in [-0.4, -0.2) is 69.6 Å². The molecule has 1 unspecified atom stereocenters. The fourth-order valence-corrected chi connectivity index (χ4v) is 6.77. The normalized spacial score (nSPS) is 22.7. The Balaban J connectivity index is 1.67. The van der Waals surface area contributed by atoms with Gasteiger partial charge in [0.1, 0.15) is 23.2 Å². The molecule has 0 saturated carbocycles. The van der Waals surface area contributed by atoms with E-state index in [0.29, 0.717) is 34.6 Å². The Morgan fingerprint density at radius 3 is 2.00 bits per heavy atom. The Morgan fingerprint density at radius 1 is 0.900 bits per heavy atom. The number of hydrogen-bond acceptors (Lipinski definition) is 11. The Labute approximate surface area is 289 Å². The summed E-state index contributed by atoms with van der Waals surface area (Å²) in [5.41, 5.74) is -3.86. The zero-order valence-corrected chi connectivity index (χ0v) is 28.9. The van der Waals surface area contributed by atoms with Crippen LogP contribution in [0.2, 0.25) is 0 Å². The van der Waals surface area contributed by atoms with Crippen LogP contribution in [-0.2, 0) is 24.2 Å². The molecule has 1 aromatic heterocycles. The van der Waals surface area contributed by atoms with Crippen molar-refractivity contribution in [1.82, 2.24) is 14.9 Å². The van der Waals surface area contributed by atoms with E-state index in [1.807, 2.05) is 61.5 Å². The lowest BCUT2D eigenvalue weighted by Gasteiger charge is -2.41. The van der Waals surface area contributed by atoms with Gasteiger partial charge in [-0.05, 0) is 53.9 Å². The van der Waals surface area contributed by atoms with E-state index in [-0.39, 0.29) is 6.54 Å². The van der Waals surface area contributed by atoms with E-state index < -0.39 is 55.6 Å². The molecule has 4 aromatic rings. The van der Waals surface area contributed by atoms with Crippen LogP contribution in [0.25, 0.3) is 0 Å². The molecule has 0 aliphatic carbocycles. The fourth-order valence-electron chi connectivity index (χ4n) is 6.22. The van der Waals surface area contributed by atoms with E-state index >= 15 is 0 Å². The minimum atomic E-state index is -3.97. The van der Waals surface area contributed by atoms with E-state index in [1.165, 1.54) is 0 Å². The van der Waals surface area contributed by atoms with Crippen molar-refractivity contribution < 1.29 is 43.1 Å². The molecule has 15 heteroatoms. The monoisotopic (exact) mass is 711 g/mol. The average Bonchev–Trinajstić information content (AvgIpc) is 3.32. The van der Waals surface area contributed by atoms with Gasteiger partial charge in [0.15, 0.2) is 6.23 Å². The molecule has 14 nitrogen and oxygen atoms in total. The van der Waals surface area contributed by atoms with Crippen molar-refractivity contribution >= 4 is 8.25 Å². The van der Waals surface area contributed by atoms with Crippen LogP contribution in [0, 0.1) is 0 Å². The highest BCUT2D eigenvalue weighted by Gasteiger charge is 2.69.